The molecule has 0 fully saturated rings. The van der Waals surface area contributed by atoms with Gasteiger partial charge in [-0.25, -0.2) is 17.5 Å². The van der Waals surface area contributed by atoms with Crippen LogP contribution in [0.3, 0.4) is 0 Å². The predicted molar refractivity (Wildman–Crippen MR) is 151 cm³/mol. The number of ether oxygens (including phenoxy) is 1. The van der Waals surface area contributed by atoms with Crippen LogP contribution in [0.5, 0.6) is 5.75 Å². The second-order valence-electron chi connectivity index (χ2n) is 9.04. The molecule has 0 bridgehead atoms. The first-order chi connectivity index (χ1) is 19.2. The number of pyridine rings is 1. The molecule has 0 atom stereocenters. The van der Waals surface area contributed by atoms with Crippen molar-refractivity contribution in [1.29, 1.82) is 0 Å². The van der Waals surface area contributed by atoms with Crippen LogP contribution >= 0.6 is 11.6 Å². The first-order valence-electron chi connectivity index (χ1n) is 12.2. The maximum atomic E-state index is 14.6. The van der Waals surface area contributed by atoms with Gasteiger partial charge in [-0.3, -0.25) is 9.59 Å². The summed E-state index contributed by atoms with van der Waals surface area (Å²) in [6.07, 6.45) is 3.25. The Hall–Kier alpha value is -4.19. The third kappa shape index (κ3) is 5.57. The van der Waals surface area contributed by atoms with Crippen LogP contribution in [0.1, 0.15) is 21.5 Å². The number of carbonyl (C=O) groups excluding carboxylic acids is 1. The zero-order valence-electron chi connectivity index (χ0n) is 21.2. The van der Waals surface area contributed by atoms with Gasteiger partial charge in [0.2, 0.25) is 15.5 Å². The highest BCUT2D eigenvalue weighted by Gasteiger charge is 2.22. The largest absolute Gasteiger partial charge is 0.497 e. The van der Waals surface area contributed by atoms with Gasteiger partial charge in [-0.05, 0) is 60.0 Å². The van der Waals surface area contributed by atoms with Gasteiger partial charge in [-0.2, -0.15) is 0 Å². The molecule has 0 saturated carbocycles. The zero-order valence-corrected chi connectivity index (χ0v) is 22.8. The van der Waals surface area contributed by atoms with Crippen molar-refractivity contribution in [2.75, 3.05) is 13.7 Å². The van der Waals surface area contributed by atoms with Crippen LogP contribution in [0.4, 0.5) is 4.39 Å². The summed E-state index contributed by atoms with van der Waals surface area (Å²) in [7, 11) is -2.67. The molecule has 5 aromatic rings. The molecule has 0 unspecified atom stereocenters. The lowest BCUT2D eigenvalue weighted by molar-refractivity contribution is 0.0949. The predicted octanol–water partition coefficient (Wildman–Crippen LogP) is 4.26. The molecule has 9 nitrogen and oxygen atoms in total. The third-order valence-electron chi connectivity index (χ3n) is 6.48. The van der Waals surface area contributed by atoms with Gasteiger partial charge in [0.1, 0.15) is 22.0 Å². The van der Waals surface area contributed by atoms with Crippen molar-refractivity contribution in [3.05, 3.63) is 105 Å². The highest BCUT2D eigenvalue weighted by Crippen LogP contribution is 2.25. The fourth-order valence-corrected chi connectivity index (χ4v) is 5.77. The van der Waals surface area contributed by atoms with Crippen molar-refractivity contribution in [3.63, 3.8) is 0 Å². The zero-order chi connectivity index (χ0) is 28.4. The number of sulfonamides is 1. The monoisotopic (exact) mass is 582 g/mol. The van der Waals surface area contributed by atoms with Gasteiger partial charge >= 0.3 is 0 Å². The van der Waals surface area contributed by atoms with Gasteiger partial charge in [0, 0.05) is 41.4 Å². The first-order valence-corrected chi connectivity index (χ1v) is 14.0. The summed E-state index contributed by atoms with van der Waals surface area (Å²) in [4.78, 5) is 31.2. The van der Waals surface area contributed by atoms with Crippen LogP contribution < -0.4 is 20.2 Å². The maximum absolute atomic E-state index is 14.6. The summed E-state index contributed by atoms with van der Waals surface area (Å²) < 4.78 is 48.7. The molecule has 0 saturated heterocycles. The lowest BCUT2D eigenvalue weighted by Crippen LogP contribution is -2.29. The maximum Gasteiger partial charge on any atom is 0.257 e. The van der Waals surface area contributed by atoms with Gasteiger partial charge in [0.25, 0.3) is 5.91 Å². The highest BCUT2D eigenvalue weighted by atomic mass is 35.5. The molecule has 3 aromatic carbocycles. The number of hydrogen-bond donors (Lipinski definition) is 4. The summed E-state index contributed by atoms with van der Waals surface area (Å²) in [5, 5.41) is 3.80. The summed E-state index contributed by atoms with van der Waals surface area (Å²) in [6.45, 7) is 0.142. The molecule has 1 amide bonds. The Kier molecular flexibility index (Phi) is 7.61. The molecule has 2 aromatic heterocycles. The van der Waals surface area contributed by atoms with E-state index in [9.17, 15) is 22.4 Å². The van der Waals surface area contributed by atoms with Crippen molar-refractivity contribution in [1.82, 2.24) is 20.0 Å². The van der Waals surface area contributed by atoms with Gasteiger partial charge in [0.15, 0.2) is 0 Å². The molecule has 0 radical (unpaired) electrons. The smallest absolute Gasteiger partial charge is 0.257 e. The SMILES string of the molecule is COc1ccc2[nH]cc(CCNS(=O)(=O)c3cc(F)cc4c(=O)c(C(=O)NCc5ccc(Cl)cc5)c[nH]c34)c2c1. The number of aromatic amines is 2. The van der Waals surface area contributed by atoms with E-state index in [4.69, 9.17) is 16.3 Å². The van der Waals surface area contributed by atoms with Crippen LogP contribution in [0.25, 0.3) is 21.8 Å². The van der Waals surface area contributed by atoms with E-state index in [1.165, 1.54) is 0 Å². The molecule has 5 rings (SSSR count). The number of aromatic nitrogens is 2. The second kappa shape index (κ2) is 11.1. The minimum absolute atomic E-state index is 0.0138. The van der Waals surface area contributed by atoms with Crippen LogP contribution in [0, 0.1) is 5.82 Å². The highest BCUT2D eigenvalue weighted by molar-refractivity contribution is 7.89. The number of carbonyl (C=O) groups is 1. The summed E-state index contributed by atoms with van der Waals surface area (Å²) in [5.41, 5.74) is 1.31. The van der Waals surface area contributed by atoms with E-state index in [0.29, 0.717) is 17.2 Å². The Morgan fingerprint density at radius 2 is 1.80 bits per heavy atom. The number of amides is 1. The van der Waals surface area contributed by atoms with Gasteiger partial charge in [-0.1, -0.05) is 23.7 Å². The summed E-state index contributed by atoms with van der Waals surface area (Å²) in [6, 6.07) is 14.1. The minimum Gasteiger partial charge on any atom is -0.497 e. The van der Waals surface area contributed by atoms with E-state index in [1.54, 1.807) is 37.6 Å². The van der Waals surface area contributed by atoms with Crippen molar-refractivity contribution >= 4 is 49.3 Å². The average Bonchev–Trinajstić information content (AvgIpc) is 3.34. The van der Waals surface area contributed by atoms with Crippen LogP contribution in [0.15, 0.2) is 76.7 Å². The fourth-order valence-electron chi connectivity index (χ4n) is 4.41. The number of benzene rings is 3. The van der Waals surface area contributed by atoms with Crippen molar-refractivity contribution in [2.45, 2.75) is 17.9 Å². The van der Waals surface area contributed by atoms with E-state index >= 15 is 0 Å². The van der Waals surface area contributed by atoms with Gasteiger partial charge in [-0.15, -0.1) is 0 Å². The molecule has 4 N–H and O–H groups in total. The quantitative estimate of drug-likeness (QED) is 0.206. The second-order valence-corrected chi connectivity index (χ2v) is 11.2. The number of methoxy groups -OCH3 is 1. The lowest BCUT2D eigenvalue weighted by Gasteiger charge is -2.11. The van der Waals surface area contributed by atoms with Crippen LogP contribution in [-0.2, 0) is 23.0 Å². The summed E-state index contributed by atoms with van der Waals surface area (Å²) in [5.74, 6) is -0.955. The molecule has 40 heavy (non-hydrogen) atoms. The number of H-pyrrole nitrogens is 2. The Morgan fingerprint density at radius 3 is 2.55 bits per heavy atom. The molecular formula is C28H24ClFN4O5S. The Morgan fingerprint density at radius 1 is 1.02 bits per heavy atom. The molecule has 2 heterocycles. The topological polar surface area (TPSA) is 133 Å². The number of halogens is 2. The Labute approximate surface area is 233 Å². The normalized spacial score (nSPS) is 11.7. The van der Waals surface area contributed by atoms with Gasteiger partial charge < -0.3 is 20.0 Å². The molecular weight excluding hydrogens is 559 g/mol. The van der Waals surface area contributed by atoms with E-state index in [0.717, 1.165) is 40.4 Å². The number of nitrogens with one attached hydrogen (secondary N) is 4. The number of rotatable bonds is 9. The molecule has 206 valence electrons. The Bertz CT molecular complexity index is 1900. The first kappa shape index (κ1) is 27.4. The van der Waals surface area contributed by atoms with Crippen LogP contribution in [0.2, 0.25) is 5.02 Å². The number of hydrogen-bond acceptors (Lipinski definition) is 5. The molecule has 12 heteroatoms. The van der Waals surface area contributed by atoms with E-state index in [2.05, 4.69) is 20.0 Å². The fraction of sp³-hybridized carbons (Fsp3) is 0.143. The number of fused-ring (bicyclic) bond motifs is 2. The van der Waals surface area contributed by atoms with Crippen molar-refractivity contribution < 1.29 is 22.3 Å². The standard InChI is InChI=1S/C28H24ClFN4O5S/c1-39-20-6-7-24-21(12-20)17(14-31-24)8-9-34-40(37,38)25-11-19(30)10-22-26(25)32-15-23(27(22)35)28(36)33-13-16-2-4-18(29)5-3-16/h2-7,10-12,14-15,31,34H,8-9,13H2,1H3,(H,32,35)(H,33,36). The average molecular weight is 583 g/mol. The van der Waals surface area contributed by atoms with Crippen molar-refractivity contribution in [2.24, 2.45) is 0 Å². The van der Waals surface area contributed by atoms with Gasteiger partial charge in [0.05, 0.1) is 18.0 Å². The molecule has 0 aliphatic carbocycles. The van der Waals surface area contributed by atoms with E-state index < -0.39 is 32.1 Å². The van der Waals surface area contributed by atoms with Crippen molar-refractivity contribution in [3.8, 4) is 5.75 Å². The molecule has 0 aliphatic rings. The third-order valence-corrected chi connectivity index (χ3v) is 8.22. The van der Waals surface area contributed by atoms with E-state index in [-0.39, 0.29) is 29.6 Å². The lowest BCUT2D eigenvalue weighted by atomic mass is 10.1. The van der Waals surface area contributed by atoms with Crippen LogP contribution in [-0.4, -0.2) is 37.9 Å². The molecule has 0 spiro atoms. The summed E-state index contributed by atoms with van der Waals surface area (Å²) >= 11 is 5.87. The molecule has 0 aliphatic heterocycles. The minimum atomic E-state index is -4.23. The Balaban J connectivity index is 1.36. The van der Waals surface area contributed by atoms with E-state index in [1.807, 2.05) is 18.2 Å².